The fourth-order valence-electron chi connectivity index (χ4n) is 4.52. The van der Waals surface area contributed by atoms with Crippen LogP contribution in [0.25, 0.3) is 0 Å². The highest BCUT2D eigenvalue weighted by Gasteiger charge is 2.34. The molecule has 0 spiro atoms. The second-order valence-electron chi connectivity index (χ2n) is 9.52. The van der Waals surface area contributed by atoms with Crippen molar-refractivity contribution in [2.24, 2.45) is 17.8 Å². The Kier molecular flexibility index (Phi) is 11.5. The van der Waals surface area contributed by atoms with E-state index in [0.29, 0.717) is 26.4 Å². The van der Waals surface area contributed by atoms with E-state index in [2.05, 4.69) is 50.2 Å². The van der Waals surface area contributed by atoms with Crippen LogP contribution in [0.15, 0.2) is 91.0 Å². The molecule has 0 heterocycles. The Balaban J connectivity index is 1.70. The molecule has 0 aliphatic rings. The zero-order valence-corrected chi connectivity index (χ0v) is 21.3. The number of ether oxygens (including phenoxy) is 3. The van der Waals surface area contributed by atoms with Gasteiger partial charge in [-0.1, -0.05) is 112 Å². The molecule has 0 saturated heterocycles. The minimum atomic E-state index is -0.155. The molecular weight excluding hydrogens is 436 g/mol. The molecule has 0 aliphatic heterocycles. The van der Waals surface area contributed by atoms with Gasteiger partial charge < -0.3 is 19.3 Å². The number of rotatable bonds is 15. The molecule has 0 bridgehead atoms. The van der Waals surface area contributed by atoms with Crippen LogP contribution in [0.2, 0.25) is 0 Å². The van der Waals surface area contributed by atoms with Crippen LogP contribution in [-0.2, 0) is 34.0 Å². The first-order valence-corrected chi connectivity index (χ1v) is 12.6. The zero-order chi connectivity index (χ0) is 24.9. The first-order chi connectivity index (χ1) is 17.1. The van der Waals surface area contributed by atoms with Gasteiger partial charge in [0, 0.05) is 24.4 Å². The molecule has 0 aliphatic carbocycles. The summed E-state index contributed by atoms with van der Waals surface area (Å²) >= 11 is 0. The predicted molar refractivity (Wildman–Crippen MR) is 141 cm³/mol. The fraction of sp³-hybridized carbons (Fsp3) is 0.419. The monoisotopic (exact) mass is 476 g/mol. The van der Waals surface area contributed by atoms with E-state index in [1.54, 1.807) is 0 Å². The van der Waals surface area contributed by atoms with Crippen LogP contribution in [0.3, 0.4) is 0 Å². The average Bonchev–Trinajstić information content (AvgIpc) is 2.90. The van der Waals surface area contributed by atoms with Crippen LogP contribution in [0, 0.1) is 17.8 Å². The van der Waals surface area contributed by atoms with Crippen molar-refractivity contribution in [2.45, 2.75) is 52.8 Å². The van der Waals surface area contributed by atoms with Crippen LogP contribution in [-0.4, -0.2) is 30.5 Å². The van der Waals surface area contributed by atoms with Crippen LogP contribution in [0.4, 0.5) is 0 Å². The second-order valence-corrected chi connectivity index (χ2v) is 9.52. The number of aliphatic hydroxyl groups is 1. The predicted octanol–water partition coefficient (Wildman–Crippen LogP) is 6.27. The van der Waals surface area contributed by atoms with Gasteiger partial charge in [-0.2, -0.15) is 0 Å². The van der Waals surface area contributed by atoms with Crippen molar-refractivity contribution in [3.8, 4) is 0 Å². The molecule has 188 valence electrons. The van der Waals surface area contributed by atoms with E-state index in [9.17, 15) is 5.11 Å². The van der Waals surface area contributed by atoms with Gasteiger partial charge in [0.25, 0.3) is 0 Å². The summed E-state index contributed by atoms with van der Waals surface area (Å²) in [5.74, 6) is 0.181. The lowest BCUT2D eigenvalue weighted by atomic mass is 9.84. The average molecular weight is 477 g/mol. The Bertz CT molecular complexity index is 932. The number of hydrogen-bond acceptors (Lipinski definition) is 4. The molecule has 3 aromatic carbocycles. The molecular formula is C31H40O4. The van der Waals surface area contributed by atoms with Crippen molar-refractivity contribution in [2.75, 3.05) is 13.2 Å². The maximum Gasteiger partial charge on any atom is 0.0720 e. The molecule has 0 unspecified atom stereocenters. The summed E-state index contributed by atoms with van der Waals surface area (Å²) in [4.78, 5) is 0. The fourth-order valence-corrected chi connectivity index (χ4v) is 4.52. The Morgan fingerprint density at radius 3 is 1.40 bits per heavy atom. The molecule has 4 nitrogen and oxygen atoms in total. The van der Waals surface area contributed by atoms with Crippen LogP contribution >= 0.6 is 0 Å². The third-order valence-corrected chi connectivity index (χ3v) is 6.51. The topological polar surface area (TPSA) is 47.9 Å². The summed E-state index contributed by atoms with van der Waals surface area (Å²) in [5.41, 5.74) is 3.42. The summed E-state index contributed by atoms with van der Waals surface area (Å²) in [6.45, 7) is 8.64. The maximum atomic E-state index is 10.0. The zero-order valence-electron chi connectivity index (χ0n) is 21.3. The third-order valence-electron chi connectivity index (χ3n) is 6.51. The molecule has 0 saturated carbocycles. The summed E-state index contributed by atoms with van der Waals surface area (Å²) in [6, 6.07) is 30.6. The van der Waals surface area contributed by atoms with E-state index in [-0.39, 0.29) is 36.6 Å². The van der Waals surface area contributed by atoms with Gasteiger partial charge in [0.2, 0.25) is 0 Å². The molecule has 4 heteroatoms. The van der Waals surface area contributed by atoms with Crippen LogP contribution in [0.1, 0.15) is 37.5 Å². The molecule has 35 heavy (non-hydrogen) atoms. The van der Waals surface area contributed by atoms with Crippen LogP contribution < -0.4 is 0 Å². The van der Waals surface area contributed by atoms with Gasteiger partial charge in [0.05, 0.1) is 38.6 Å². The summed E-state index contributed by atoms with van der Waals surface area (Å²) in [7, 11) is 0. The van der Waals surface area contributed by atoms with Gasteiger partial charge in [-0.15, -0.1) is 0 Å². The standard InChI is InChI=1S/C31H40O4/c1-24(19-32)30(34-22-28-15-9-5-10-16-28)26(3)31(35-23-29-17-11-6-12-18-29)25(2)20-33-21-27-13-7-4-8-14-27/h4-18,24-26,30-32H,19-23H2,1-3H3/t24-,25+,26-,30-,31+/m1/s1. The molecule has 5 atom stereocenters. The molecule has 1 N–H and O–H groups in total. The maximum absolute atomic E-state index is 10.0. The second kappa shape index (κ2) is 14.8. The van der Waals surface area contributed by atoms with Gasteiger partial charge >= 0.3 is 0 Å². The van der Waals surface area contributed by atoms with Crippen molar-refractivity contribution in [3.05, 3.63) is 108 Å². The largest absolute Gasteiger partial charge is 0.396 e. The first kappa shape index (κ1) is 27.1. The molecule has 0 aromatic heterocycles. The third kappa shape index (κ3) is 8.90. The smallest absolute Gasteiger partial charge is 0.0720 e. The van der Waals surface area contributed by atoms with Crippen molar-refractivity contribution in [3.63, 3.8) is 0 Å². The van der Waals surface area contributed by atoms with Crippen molar-refractivity contribution in [1.82, 2.24) is 0 Å². The SMILES string of the molecule is C[C@@H]([C@@H](OCc1ccccc1)[C@@H](C)COCc1ccccc1)[C@H](OCc1ccccc1)[C@H](C)CO. The molecule has 0 amide bonds. The van der Waals surface area contributed by atoms with Gasteiger partial charge in [0.15, 0.2) is 0 Å². The Morgan fingerprint density at radius 2 is 0.971 bits per heavy atom. The highest BCUT2D eigenvalue weighted by molar-refractivity contribution is 5.15. The Morgan fingerprint density at radius 1 is 0.571 bits per heavy atom. The lowest BCUT2D eigenvalue weighted by molar-refractivity contribution is -0.120. The highest BCUT2D eigenvalue weighted by Crippen LogP contribution is 2.28. The Hall–Kier alpha value is -2.50. The van der Waals surface area contributed by atoms with E-state index >= 15 is 0 Å². The van der Waals surface area contributed by atoms with E-state index in [1.165, 1.54) is 0 Å². The van der Waals surface area contributed by atoms with Crippen molar-refractivity contribution < 1.29 is 19.3 Å². The van der Waals surface area contributed by atoms with E-state index in [1.807, 2.05) is 61.5 Å². The Labute approximate surface area is 210 Å². The van der Waals surface area contributed by atoms with Gasteiger partial charge in [-0.25, -0.2) is 0 Å². The van der Waals surface area contributed by atoms with E-state index < -0.39 is 0 Å². The van der Waals surface area contributed by atoms with E-state index in [0.717, 1.165) is 16.7 Å². The van der Waals surface area contributed by atoms with E-state index in [4.69, 9.17) is 14.2 Å². The normalized spacial score (nSPS) is 15.8. The lowest BCUT2D eigenvalue weighted by Crippen LogP contribution is -2.42. The minimum Gasteiger partial charge on any atom is -0.396 e. The summed E-state index contributed by atoms with van der Waals surface area (Å²) in [6.07, 6.45) is -0.252. The minimum absolute atomic E-state index is 0.0195. The van der Waals surface area contributed by atoms with Crippen molar-refractivity contribution >= 4 is 0 Å². The molecule has 3 aromatic rings. The van der Waals surface area contributed by atoms with Crippen LogP contribution in [0.5, 0.6) is 0 Å². The molecule has 3 rings (SSSR count). The number of hydrogen-bond donors (Lipinski definition) is 1. The summed E-state index contributed by atoms with van der Waals surface area (Å²) < 4.78 is 19.0. The van der Waals surface area contributed by atoms with Gasteiger partial charge in [0.1, 0.15) is 0 Å². The lowest BCUT2D eigenvalue weighted by Gasteiger charge is -2.37. The summed E-state index contributed by atoms with van der Waals surface area (Å²) in [5, 5.41) is 10.0. The molecule has 0 fully saturated rings. The molecule has 0 radical (unpaired) electrons. The van der Waals surface area contributed by atoms with Gasteiger partial charge in [-0.3, -0.25) is 0 Å². The quantitative estimate of drug-likeness (QED) is 0.281. The number of benzene rings is 3. The highest BCUT2D eigenvalue weighted by atomic mass is 16.5. The van der Waals surface area contributed by atoms with Gasteiger partial charge in [-0.05, 0) is 16.7 Å². The van der Waals surface area contributed by atoms with Crippen molar-refractivity contribution in [1.29, 1.82) is 0 Å². The first-order valence-electron chi connectivity index (χ1n) is 12.6. The number of aliphatic hydroxyl groups excluding tert-OH is 1.